The molecule has 0 aromatic rings. The van der Waals surface area contributed by atoms with Crippen molar-refractivity contribution in [3.8, 4) is 0 Å². The molecule has 6 aliphatic heterocycles. The minimum absolute atomic E-state index is 0.112. The predicted octanol–water partition coefficient (Wildman–Crippen LogP) is -3.85. The predicted molar refractivity (Wildman–Crippen MR) is 413 cm³/mol. The third-order valence-electron chi connectivity index (χ3n) is 22.6. The Balaban J connectivity index is 1.29. The number of carbonyl (C=O) groups excluding carboxylic acids is 4. The van der Waals surface area contributed by atoms with Crippen LogP contribution in [0.4, 0.5) is 0 Å². The van der Waals surface area contributed by atoms with Crippen molar-refractivity contribution in [2.24, 2.45) is 0 Å². The number of allylic oxidation sites excluding steroid dienone is 1. The van der Waals surface area contributed by atoms with Crippen LogP contribution in [0.1, 0.15) is 208 Å². The lowest BCUT2D eigenvalue weighted by atomic mass is 9.88. The fourth-order valence-electron chi connectivity index (χ4n) is 15.8. The number of aliphatic hydroxyl groups excluding tert-OH is 18. The molecule has 6 rings (SSSR count). The Morgan fingerprint density at radius 3 is 1.35 bits per heavy atom. The highest BCUT2D eigenvalue weighted by atomic mass is 16.8. The Hall–Kier alpha value is -4.11. The summed E-state index contributed by atoms with van der Waals surface area (Å²) in [4.78, 5) is 66.0. The van der Waals surface area contributed by atoms with Gasteiger partial charge >= 0.3 is 5.97 Å². The van der Waals surface area contributed by atoms with Crippen molar-refractivity contribution in [2.75, 3.05) is 46.2 Å². The van der Waals surface area contributed by atoms with E-state index in [2.05, 4.69) is 35.1 Å². The van der Waals surface area contributed by atoms with Crippen LogP contribution in [0.3, 0.4) is 0 Å². The van der Waals surface area contributed by atoms with Crippen molar-refractivity contribution in [1.82, 2.24) is 21.3 Å². The van der Waals surface area contributed by atoms with Crippen LogP contribution in [-0.2, 0) is 80.8 Å². The second-order valence-corrected chi connectivity index (χ2v) is 32.1. The van der Waals surface area contributed by atoms with E-state index < -0.39 is 284 Å². The number of rotatable bonds is 54. The Labute approximate surface area is 694 Å². The number of amides is 4. The first-order valence-corrected chi connectivity index (χ1v) is 42.6. The lowest BCUT2D eigenvalue weighted by Gasteiger charge is -2.53. The molecule has 0 bridgehead atoms. The average Bonchev–Trinajstić information content (AvgIpc) is 0.745. The smallest absolute Gasteiger partial charge is 0.364 e. The molecule has 6 aliphatic rings. The number of ether oxygens (including phenoxy) is 12. The van der Waals surface area contributed by atoms with Gasteiger partial charge in [-0.25, -0.2) is 4.79 Å². The molecule has 0 aromatic carbocycles. The van der Waals surface area contributed by atoms with Gasteiger partial charge in [0.25, 0.3) is 5.79 Å². The molecule has 12 unspecified atom stereocenters. The van der Waals surface area contributed by atoms with E-state index in [9.17, 15) is 121 Å². The molecule has 23 N–H and O–H groups in total. The van der Waals surface area contributed by atoms with E-state index in [1.54, 1.807) is 6.08 Å². The molecule has 40 heteroatoms. The van der Waals surface area contributed by atoms with Crippen molar-refractivity contribution < 1.29 is 178 Å². The fourth-order valence-corrected chi connectivity index (χ4v) is 15.8. The third kappa shape index (κ3) is 30.6. The minimum atomic E-state index is -3.45. The first-order valence-electron chi connectivity index (χ1n) is 42.6. The van der Waals surface area contributed by atoms with E-state index in [0.29, 0.717) is 12.8 Å². The monoisotopic (exact) mass is 1720 g/mol. The van der Waals surface area contributed by atoms with Crippen molar-refractivity contribution in [3.05, 3.63) is 12.2 Å². The molecule has 0 aliphatic carbocycles. The van der Waals surface area contributed by atoms with Crippen LogP contribution in [0.5, 0.6) is 0 Å². The van der Waals surface area contributed by atoms with Gasteiger partial charge < -0.3 is 175 Å². The molecule has 33 atom stereocenters. The minimum Gasteiger partial charge on any atom is -0.477 e. The van der Waals surface area contributed by atoms with E-state index in [1.807, 2.05) is 0 Å². The molecular formula is C79H140N4O36. The zero-order chi connectivity index (χ0) is 87.6. The topological polar surface area (TPSA) is 629 Å². The summed E-state index contributed by atoms with van der Waals surface area (Å²) in [5.41, 5.74) is 0. The number of carboxylic acid groups (broad SMARTS) is 1. The number of carbonyl (C=O) groups is 5. The second-order valence-electron chi connectivity index (χ2n) is 32.1. The number of aliphatic hydroxyl groups is 18. The van der Waals surface area contributed by atoms with Crippen molar-refractivity contribution in [1.29, 1.82) is 0 Å². The molecule has 6 fully saturated rings. The molecule has 692 valence electrons. The summed E-state index contributed by atoms with van der Waals surface area (Å²) in [6.07, 6.45) is -29.4. The fraction of sp³-hybridized carbons (Fsp3) is 0.911. The van der Waals surface area contributed by atoms with Crippen molar-refractivity contribution in [2.45, 2.75) is 410 Å². The van der Waals surface area contributed by atoms with Crippen LogP contribution >= 0.6 is 0 Å². The standard InChI is InChI=1S/C79H140N4O36/c1-6-8-10-12-14-16-18-20-22-24-26-28-30-32-46(93)45(83-54(96)33-31-29-27-25-23-21-19-17-15-13-11-9-7-2)41-108-75-64(103)63(102)67(52(39-88)112-75)114-77-66(105)72(119-79(78(106)107)34-47(94)55(80-42(3)90)70(118-79)58(97)48(95)35-84)68(53(40-89)113-77)115-74-57(82-44(5)92)69(60(99)50(37-86)110-74)116-76-65(104)71(61(100)51(38-87)111-76)117-73-56(81-43(4)91)62(101)59(98)49(36-85)109-73/h30,32,45-53,55-77,84-89,93-95,97-105H,6-29,31,33-41H2,1-5H3,(H,80,90)(H,81,91)(H,82,92)(H,83,96)(H,106,107)/b32-30+/t45-,46+,47?,48+,49?,50?,51?,52?,53?,55+,56?,57?,58+,59-,60-,61-,62+,63+,64?,65?,66?,67+,68-,69+,70?,71-,72+,73-,74-,75+,76-,77-,79-/m0/s1. The van der Waals surface area contributed by atoms with Gasteiger partial charge in [0.1, 0.15) is 140 Å². The van der Waals surface area contributed by atoms with E-state index in [1.165, 1.54) is 89.5 Å². The van der Waals surface area contributed by atoms with Crippen molar-refractivity contribution >= 4 is 29.6 Å². The second kappa shape index (κ2) is 53.4. The molecule has 119 heavy (non-hydrogen) atoms. The van der Waals surface area contributed by atoms with E-state index in [0.717, 1.165) is 85.0 Å². The summed E-state index contributed by atoms with van der Waals surface area (Å²) < 4.78 is 72.6. The van der Waals surface area contributed by atoms with Crippen LogP contribution in [-0.4, -0.2) is 375 Å². The first kappa shape index (κ1) is 104. The van der Waals surface area contributed by atoms with Crippen LogP contribution in [0.25, 0.3) is 0 Å². The van der Waals surface area contributed by atoms with E-state index >= 15 is 0 Å². The largest absolute Gasteiger partial charge is 0.477 e. The van der Waals surface area contributed by atoms with E-state index in [4.69, 9.17) is 56.8 Å². The summed E-state index contributed by atoms with van der Waals surface area (Å²) in [6.45, 7) is -0.0976. The number of aliphatic carboxylic acids is 1. The zero-order valence-corrected chi connectivity index (χ0v) is 69.1. The van der Waals surface area contributed by atoms with Gasteiger partial charge in [0.15, 0.2) is 31.5 Å². The summed E-state index contributed by atoms with van der Waals surface area (Å²) in [5.74, 6) is -8.75. The SMILES string of the molecule is CCCCCCCCCCCCC/C=C/[C@@H](O)[C@H](CO[C@@H]1OC(CO)[C@@H](O[C@@H]2OC(CO)[C@H](O[C@@H]3OC(CO)[C@H](O)[C@H](O[C@@H]4OC(CO)[C@H](O)[C@H](O[C@@H]5OC(CO)[C@H](O)[C@H](O)C5NC(C)=O)C4O)C3NC(C)=O)[C@H](O[C@]3(C(=O)O)CC(O)[C@@H](NC(C)=O)C([C@H](O)[C@H](O)CO)O3)C2O)[C@H](O)C1O)NC(=O)CCCCCCCCCCCCCCC. The number of carboxylic acids is 1. The summed E-state index contributed by atoms with van der Waals surface area (Å²) in [6, 6.07) is -6.70. The quantitative estimate of drug-likeness (QED) is 0.0205. The van der Waals surface area contributed by atoms with Crippen molar-refractivity contribution in [3.63, 3.8) is 0 Å². The van der Waals surface area contributed by atoms with Gasteiger partial charge in [0.05, 0.1) is 70.5 Å². The molecule has 0 aromatic heterocycles. The number of hydrogen-bond acceptors (Lipinski definition) is 35. The van der Waals surface area contributed by atoms with Crippen LogP contribution in [0.2, 0.25) is 0 Å². The molecule has 0 radical (unpaired) electrons. The molecule has 6 saturated heterocycles. The first-order chi connectivity index (χ1) is 56.9. The lowest BCUT2D eigenvalue weighted by molar-refractivity contribution is -0.404. The maximum Gasteiger partial charge on any atom is 0.364 e. The molecule has 0 spiro atoms. The molecule has 4 amide bonds. The lowest BCUT2D eigenvalue weighted by Crippen LogP contribution is -2.72. The normalized spacial score (nSPS) is 36.2. The van der Waals surface area contributed by atoms with E-state index in [-0.39, 0.29) is 6.42 Å². The number of nitrogens with one attached hydrogen (secondary N) is 4. The highest BCUT2D eigenvalue weighted by Gasteiger charge is 2.63. The highest BCUT2D eigenvalue weighted by molar-refractivity contribution is 5.77. The summed E-state index contributed by atoms with van der Waals surface area (Å²) >= 11 is 0. The Morgan fingerprint density at radius 2 is 0.849 bits per heavy atom. The van der Waals surface area contributed by atoms with Gasteiger partial charge in [-0.05, 0) is 19.3 Å². The molecule has 40 nitrogen and oxygen atoms in total. The highest BCUT2D eigenvalue weighted by Crippen LogP contribution is 2.42. The van der Waals surface area contributed by atoms with Crippen LogP contribution in [0, 0.1) is 0 Å². The average molecular weight is 1720 g/mol. The third-order valence-corrected chi connectivity index (χ3v) is 22.6. The molecule has 6 heterocycles. The van der Waals surface area contributed by atoms with Gasteiger partial charge in [0.2, 0.25) is 23.6 Å². The Bertz CT molecular complexity index is 2920. The maximum atomic E-state index is 14.0. The van der Waals surface area contributed by atoms with Gasteiger partial charge in [-0.15, -0.1) is 0 Å². The van der Waals surface area contributed by atoms with Gasteiger partial charge in [-0.3, -0.25) is 19.2 Å². The van der Waals surface area contributed by atoms with Crippen LogP contribution < -0.4 is 21.3 Å². The Morgan fingerprint density at radius 1 is 0.437 bits per heavy atom. The molecule has 0 saturated carbocycles. The van der Waals surface area contributed by atoms with Gasteiger partial charge in [0, 0.05) is 33.6 Å². The molecular weight excluding hydrogens is 1580 g/mol. The zero-order valence-electron chi connectivity index (χ0n) is 69.1. The number of hydrogen-bond donors (Lipinski definition) is 23. The Kier molecular flexibility index (Phi) is 46.5. The number of unbranched alkanes of at least 4 members (excludes halogenated alkanes) is 23. The summed E-state index contributed by atoms with van der Waals surface area (Å²) in [5, 5.41) is 225. The van der Waals surface area contributed by atoms with Gasteiger partial charge in [-0.1, -0.05) is 167 Å². The van der Waals surface area contributed by atoms with Gasteiger partial charge in [-0.2, -0.15) is 0 Å². The van der Waals surface area contributed by atoms with Crippen LogP contribution in [0.15, 0.2) is 12.2 Å². The maximum absolute atomic E-state index is 14.0. The summed E-state index contributed by atoms with van der Waals surface area (Å²) in [7, 11) is 0.